The molecule has 1 heterocycles. The predicted molar refractivity (Wildman–Crippen MR) is 119 cm³/mol. The summed E-state index contributed by atoms with van der Waals surface area (Å²) in [6.07, 6.45) is 0. The quantitative estimate of drug-likeness (QED) is 0.441. The number of halogens is 1. The molecule has 30 heavy (non-hydrogen) atoms. The van der Waals surface area contributed by atoms with Crippen molar-refractivity contribution in [3.8, 4) is 0 Å². The molecule has 3 rings (SSSR count). The molecule has 0 saturated carbocycles. The highest BCUT2D eigenvalue weighted by Crippen LogP contribution is 2.15. The van der Waals surface area contributed by atoms with E-state index in [-0.39, 0.29) is 23.8 Å². The van der Waals surface area contributed by atoms with Crippen LogP contribution in [0, 0.1) is 13.8 Å². The maximum atomic E-state index is 12.3. The third kappa shape index (κ3) is 6.11. The molecule has 4 N–H and O–H groups in total. The fourth-order valence-electron chi connectivity index (χ4n) is 2.52. The van der Waals surface area contributed by atoms with E-state index in [1.165, 1.54) is 0 Å². The zero-order valence-corrected chi connectivity index (χ0v) is 17.2. The van der Waals surface area contributed by atoms with Gasteiger partial charge in [0.15, 0.2) is 0 Å². The molecule has 0 radical (unpaired) electrons. The molecule has 2 aromatic carbocycles. The van der Waals surface area contributed by atoms with Gasteiger partial charge in [0, 0.05) is 27.7 Å². The summed E-state index contributed by atoms with van der Waals surface area (Å²) in [5.41, 5.74) is 8.60. The highest BCUT2D eigenvalue weighted by molar-refractivity contribution is 6.30. The van der Waals surface area contributed by atoms with Crippen molar-refractivity contribution in [2.24, 2.45) is 15.7 Å². The number of carbonyl (C=O) groups excluding carboxylic acids is 1. The Kier molecular flexibility index (Phi) is 6.71. The van der Waals surface area contributed by atoms with Crippen LogP contribution in [0.2, 0.25) is 5.02 Å². The molecule has 1 aromatic heterocycles. The molecule has 3 aromatic rings. The van der Waals surface area contributed by atoms with Crippen LogP contribution in [-0.4, -0.2) is 27.8 Å². The predicted octanol–water partition coefficient (Wildman–Crippen LogP) is 3.59. The maximum Gasteiger partial charge on any atom is 0.257 e. The number of aromatic nitrogens is 2. The van der Waals surface area contributed by atoms with Crippen LogP contribution in [-0.2, 0) is 0 Å². The molecule has 0 bridgehead atoms. The van der Waals surface area contributed by atoms with Crippen LogP contribution >= 0.6 is 11.6 Å². The van der Waals surface area contributed by atoms with Gasteiger partial charge in [-0.05, 0) is 56.3 Å². The molecule has 9 heteroatoms. The summed E-state index contributed by atoms with van der Waals surface area (Å²) in [5, 5.41) is 6.16. The number of nitrogens with one attached hydrogen (secondary N) is 2. The van der Waals surface area contributed by atoms with Gasteiger partial charge < -0.3 is 11.1 Å². The average molecular weight is 422 g/mol. The molecule has 8 nitrogen and oxygen atoms in total. The average Bonchev–Trinajstić information content (AvgIpc) is 2.69. The molecule has 0 saturated heterocycles. The van der Waals surface area contributed by atoms with E-state index in [4.69, 9.17) is 17.3 Å². The van der Waals surface area contributed by atoms with Gasteiger partial charge in [-0.25, -0.2) is 9.97 Å². The first-order valence-electron chi connectivity index (χ1n) is 9.03. The van der Waals surface area contributed by atoms with E-state index in [1.54, 1.807) is 48.5 Å². The number of hydrogen-bond donors (Lipinski definition) is 3. The van der Waals surface area contributed by atoms with Gasteiger partial charge in [0.2, 0.25) is 11.9 Å². The summed E-state index contributed by atoms with van der Waals surface area (Å²) in [6, 6.07) is 17.5. The fourth-order valence-corrected chi connectivity index (χ4v) is 2.64. The Morgan fingerprint density at radius 3 is 2.27 bits per heavy atom. The number of hydrogen-bond acceptors (Lipinski definition) is 4. The summed E-state index contributed by atoms with van der Waals surface area (Å²) in [7, 11) is 0. The Labute approximate surface area is 179 Å². The molecule has 0 aliphatic rings. The standard InChI is InChI=1S/C21H20ClN7O/c1-13-12-14(2)25-20(24-13)29-21(26-17-10-8-16(22)9-11-17)28-19(23)27-18(30)15-6-4-3-5-7-15/h3-12H,1-2H3,(H4,23,24,25,26,27,28,29,30). The summed E-state index contributed by atoms with van der Waals surface area (Å²) in [4.78, 5) is 29.4. The van der Waals surface area contributed by atoms with Crippen molar-refractivity contribution < 1.29 is 4.79 Å². The van der Waals surface area contributed by atoms with E-state index < -0.39 is 0 Å². The highest BCUT2D eigenvalue weighted by atomic mass is 35.5. The van der Waals surface area contributed by atoms with Gasteiger partial charge in [0.25, 0.3) is 11.9 Å². The maximum absolute atomic E-state index is 12.3. The number of benzene rings is 2. The lowest BCUT2D eigenvalue weighted by molar-refractivity contribution is 0.0976. The molecule has 0 fully saturated rings. The number of aliphatic imine (C=N–C) groups is 2. The van der Waals surface area contributed by atoms with Gasteiger partial charge in [0.1, 0.15) is 0 Å². The van der Waals surface area contributed by atoms with E-state index in [2.05, 4.69) is 30.6 Å². The van der Waals surface area contributed by atoms with Crippen LogP contribution in [0.5, 0.6) is 0 Å². The second-order valence-electron chi connectivity index (χ2n) is 6.34. The number of guanidine groups is 2. The van der Waals surface area contributed by atoms with Crippen molar-refractivity contribution in [3.63, 3.8) is 0 Å². The summed E-state index contributed by atoms with van der Waals surface area (Å²) in [6.45, 7) is 3.69. The van der Waals surface area contributed by atoms with Crippen LogP contribution in [0.4, 0.5) is 11.6 Å². The van der Waals surface area contributed by atoms with Crippen molar-refractivity contribution in [1.82, 2.24) is 15.3 Å². The molecule has 1 amide bonds. The Morgan fingerprint density at radius 2 is 1.63 bits per heavy atom. The van der Waals surface area contributed by atoms with Crippen LogP contribution in [0.1, 0.15) is 21.7 Å². The first-order valence-corrected chi connectivity index (χ1v) is 9.41. The fraction of sp³-hybridized carbons (Fsp3) is 0.0952. The minimum atomic E-state index is -0.384. The lowest BCUT2D eigenvalue weighted by atomic mass is 10.2. The zero-order valence-electron chi connectivity index (χ0n) is 16.4. The number of anilines is 1. The van der Waals surface area contributed by atoms with Crippen molar-refractivity contribution >= 4 is 41.1 Å². The largest absolute Gasteiger partial charge is 0.369 e. The molecule has 0 aliphatic heterocycles. The van der Waals surface area contributed by atoms with Crippen LogP contribution < -0.4 is 16.4 Å². The number of nitrogens with two attached hydrogens (primary N) is 1. The van der Waals surface area contributed by atoms with Crippen LogP contribution in [0.25, 0.3) is 0 Å². The van der Waals surface area contributed by atoms with Crippen LogP contribution in [0.3, 0.4) is 0 Å². The van der Waals surface area contributed by atoms with Gasteiger partial charge in [-0.2, -0.15) is 9.98 Å². The number of aryl methyl sites for hydroxylation is 2. The molecule has 0 unspecified atom stereocenters. The minimum Gasteiger partial charge on any atom is -0.369 e. The van der Waals surface area contributed by atoms with E-state index in [9.17, 15) is 4.79 Å². The molecular weight excluding hydrogens is 402 g/mol. The van der Waals surface area contributed by atoms with E-state index >= 15 is 0 Å². The van der Waals surface area contributed by atoms with E-state index in [0.717, 1.165) is 11.4 Å². The summed E-state index contributed by atoms with van der Waals surface area (Å²) in [5.74, 6) is -0.193. The van der Waals surface area contributed by atoms with Crippen molar-refractivity contribution in [1.29, 1.82) is 0 Å². The Morgan fingerprint density at radius 1 is 1.00 bits per heavy atom. The lowest BCUT2D eigenvalue weighted by Gasteiger charge is -2.09. The third-order valence-electron chi connectivity index (χ3n) is 3.78. The van der Waals surface area contributed by atoms with E-state index in [1.807, 2.05) is 26.0 Å². The lowest BCUT2D eigenvalue weighted by Crippen LogP contribution is -2.38. The Bertz CT molecular complexity index is 1080. The summed E-state index contributed by atoms with van der Waals surface area (Å²) < 4.78 is 0. The van der Waals surface area contributed by atoms with Crippen molar-refractivity contribution in [3.05, 3.63) is 82.6 Å². The second kappa shape index (κ2) is 9.62. The molecule has 0 spiro atoms. The first-order chi connectivity index (χ1) is 14.4. The number of nitrogens with zero attached hydrogens (tertiary/aromatic N) is 4. The van der Waals surface area contributed by atoms with Gasteiger partial charge in [-0.15, -0.1) is 0 Å². The highest BCUT2D eigenvalue weighted by Gasteiger charge is 2.09. The van der Waals surface area contributed by atoms with Crippen LogP contribution in [0.15, 0.2) is 70.6 Å². The van der Waals surface area contributed by atoms with Crippen molar-refractivity contribution in [2.45, 2.75) is 13.8 Å². The zero-order chi connectivity index (χ0) is 21.5. The molecule has 0 aliphatic carbocycles. The first kappa shape index (κ1) is 20.9. The summed E-state index contributed by atoms with van der Waals surface area (Å²) >= 11 is 5.94. The van der Waals surface area contributed by atoms with Gasteiger partial charge in [-0.1, -0.05) is 29.8 Å². The Hall–Kier alpha value is -3.78. The molecular formula is C21H20ClN7O. The topological polar surface area (TPSA) is 118 Å². The SMILES string of the molecule is Cc1cc(C)nc(N=C(/N=C(\N)NC(=O)c2ccccc2)Nc2ccc(Cl)cc2)n1. The monoisotopic (exact) mass is 421 g/mol. The van der Waals surface area contributed by atoms with E-state index in [0.29, 0.717) is 16.3 Å². The number of amides is 1. The molecule has 0 atom stereocenters. The third-order valence-corrected chi connectivity index (χ3v) is 4.03. The second-order valence-corrected chi connectivity index (χ2v) is 6.77. The normalized spacial score (nSPS) is 11.8. The minimum absolute atomic E-state index is 0.105. The smallest absolute Gasteiger partial charge is 0.257 e. The molecule has 152 valence electrons. The number of carbonyl (C=O) groups is 1. The Balaban J connectivity index is 1.89. The van der Waals surface area contributed by atoms with Crippen molar-refractivity contribution in [2.75, 3.05) is 5.32 Å². The van der Waals surface area contributed by atoms with Gasteiger partial charge in [0.05, 0.1) is 0 Å². The van der Waals surface area contributed by atoms with Gasteiger partial charge in [-0.3, -0.25) is 10.1 Å². The number of rotatable bonds is 3. The van der Waals surface area contributed by atoms with Gasteiger partial charge >= 0.3 is 0 Å².